The summed E-state index contributed by atoms with van der Waals surface area (Å²) in [6, 6.07) is 6.28. The van der Waals surface area contributed by atoms with Crippen LogP contribution < -0.4 is 11.1 Å². The molecule has 1 aliphatic rings. The van der Waals surface area contributed by atoms with Crippen molar-refractivity contribution in [3.63, 3.8) is 0 Å². The van der Waals surface area contributed by atoms with Gasteiger partial charge in [0.2, 0.25) is 5.91 Å². The van der Waals surface area contributed by atoms with E-state index in [0.29, 0.717) is 11.6 Å². The Labute approximate surface area is 115 Å². The molecule has 1 heterocycles. The van der Waals surface area contributed by atoms with Crippen LogP contribution in [0.15, 0.2) is 18.2 Å². The van der Waals surface area contributed by atoms with Crippen molar-refractivity contribution in [3.8, 4) is 0 Å². The Morgan fingerprint density at radius 3 is 2.68 bits per heavy atom. The number of rotatable bonds is 4. The Morgan fingerprint density at radius 1 is 1.42 bits per heavy atom. The zero-order valence-corrected chi connectivity index (χ0v) is 11.8. The predicted octanol–water partition coefficient (Wildman–Crippen LogP) is 1.28. The van der Waals surface area contributed by atoms with Crippen molar-refractivity contribution in [1.29, 1.82) is 0 Å². The van der Waals surface area contributed by atoms with E-state index < -0.39 is 0 Å². The van der Waals surface area contributed by atoms with Gasteiger partial charge in [-0.15, -0.1) is 0 Å². The third-order valence-electron chi connectivity index (χ3n) is 3.93. The van der Waals surface area contributed by atoms with Crippen LogP contribution >= 0.6 is 0 Å². The first-order valence-electron chi connectivity index (χ1n) is 6.87. The Hall–Kier alpha value is -1.39. The molecule has 1 aromatic rings. The van der Waals surface area contributed by atoms with E-state index in [0.717, 1.165) is 25.2 Å². The maximum atomic E-state index is 11.1. The van der Waals surface area contributed by atoms with Crippen LogP contribution in [0.25, 0.3) is 0 Å². The first kappa shape index (κ1) is 14.0. The van der Waals surface area contributed by atoms with Crippen LogP contribution in [0.2, 0.25) is 0 Å². The molecule has 0 saturated carbocycles. The molecule has 4 nitrogen and oxygen atoms in total. The second-order valence-corrected chi connectivity index (χ2v) is 5.46. The van der Waals surface area contributed by atoms with Crippen LogP contribution in [0.1, 0.15) is 34.3 Å². The summed E-state index contributed by atoms with van der Waals surface area (Å²) in [6.45, 7) is 5.21. The standard InChI is InChI=1S/C15H23N3O/c1-11-9-12(15(16)19)3-4-13(11)10-17-14-5-7-18(2)8-6-14/h3-4,9,14,17H,5-8,10H2,1-2H3,(H2,16,19). The fraction of sp³-hybridized carbons (Fsp3) is 0.533. The largest absolute Gasteiger partial charge is 0.366 e. The van der Waals surface area contributed by atoms with Gasteiger partial charge in [-0.05, 0) is 63.2 Å². The third-order valence-corrected chi connectivity index (χ3v) is 3.93. The zero-order valence-electron chi connectivity index (χ0n) is 11.8. The van der Waals surface area contributed by atoms with Gasteiger partial charge in [-0.25, -0.2) is 0 Å². The first-order valence-corrected chi connectivity index (χ1v) is 6.87. The molecular formula is C15H23N3O. The lowest BCUT2D eigenvalue weighted by molar-refractivity contribution is 0.1000. The molecule has 2 rings (SSSR count). The number of carbonyl (C=O) groups excluding carboxylic acids is 1. The average molecular weight is 261 g/mol. The number of piperidine rings is 1. The summed E-state index contributed by atoms with van der Waals surface area (Å²) >= 11 is 0. The normalized spacial score (nSPS) is 17.6. The van der Waals surface area contributed by atoms with E-state index in [1.807, 2.05) is 19.1 Å². The van der Waals surface area contributed by atoms with E-state index in [-0.39, 0.29) is 5.91 Å². The van der Waals surface area contributed by atoms with Gasteiger partial charge < -0.3 is 16.0 Å². The molecule has 0 aliphatic carbocycles. The minimum Gasteiger partial charge on any atom is -0.366 e. The van der Waals surface area contributed by atoms with Crippen LogP contribution in [-0.4, -0.2) is 37.0 Å². The minimum atomic E-state index is -0.363. The van der Waals surface area contributed by atoms with E-state index in [1.165, 1.54) is 18.4 Å². The Morgan fingerprint density at radius 2 is 2.11 bits per heavy atom. The molecule has 3 N–H and O–H groups in total. The van der Waals surface area contributed by atoms with Crippen LogP contribution in [0.3, 0.4) is 0 Å². The topological polar surface area (TPSA) is 58.4 Å². The summed E-state index contributed by atoms with van der Waals surface area (Å²) in [7, 11) is 2.17. The van der Waals surface area contributed by atoms with Crippen LogP contribution in [-0.2, 0) is 6.54 Å². The molecule has 0 aromatic heterocycles. The molecule has 1 aliphatic heterocycles. The molecule has 19 heavy (non-hydrogen) atoms. The zero-order chi connectivity index (χ0) is 13.8. The lowest BCUT2D eigenvalue weighted by Crippen LogP contribution is -2.40. The smallest absolute Gasteiger partial charge is 0.248 e. The fourth-order valence-electron chi connectivity index (χ4n) is 2.51. The van der Waals surface area contributed by atoms with Gasteiger partial charge in [0.25, 0.3) is 0 Å². The molecule has 1 amide bonds. The van der Waals surface area contributed by atoms with E-state index in [9.17, 15) is 4.79 Å². The van der Waals surface area contributed by atoms with Crippen molar-refractivity contribution in [2.24, 2.45) is 5.73 Å². The molecule has 104 valence electrons. The van der Waals surface area contributed by atoms with Crippen molar-refractivity contribution in [2.75, 3.05) is 20.1 Å². The van der Waals surface area contributed by atoms with Gasteiger partial charge in [-0.3, -0.25) is 4.79 Å². The van der Waals surface area contributed by atoms with E-state index >= 15 is 0 Å². The molecule has 1 aromatic carbocycles. The summed E-state index contributed by atoms with van der Waals surface area (Å²) in [4.78, 5) is 13.5. The minimum absolute atomic E-state index is 0.363. The second-order valence-electron chi connectivity index (χ2n) is 5.46. The third kappa shape index (κ3) is 3.78. The van der Waals surface area contributed by atoms with E-state index in [1.54, 1.807) is 6.07 Å². The van der Waals surface area contributed by atoms with Crippen molar-refractivity contribution >= 4 is 5.91 Å². The maximum Gasteiger partial charge on any atom is 0.248 e. The summed E-state index contributed by atoms with van der Waals surface area (Å²) < 4.78 is 0. The summed E-state index contributed by atoms with van der Waals surface area (Å²) in [5.41, 5.74) is 8.22. The highest BCUT2D eigenvalue weighted by Crippen LogP contribution is 2.13. The molecule has 1 fully saturated rings. The fourth-order valence-corrected chi connectivity index (χ4v) is 2.51. The predicted molar refractivity (Wildman–Crippen MR) is 77.1 cm³/mol. The van der Waals surface area contributed by atoms with Crippen molar-refractivity contribution < 1.29 is 4.79 Å². The molecular weight excluding hydrogens is 238 g/mol. The number of nitrogens with one attached hydrogen (secondary N) is 1. The molecule has 1 saturated heterocycles. The van der Waals surface area contributed by atoms with Crippen molar-refractivity contribution in [1.82, 2.24) is 10.2 Å². The van der Waals surface area contributed by atoms with Crippen molar-refractivity contribution in [3.05, 3.63) is 34.9 Å². The number of hydrogen-bond acceptors (Lipinski definition) is 3. The lowest BCUT2D eigenvalue weighted by Gasteiger charge is -2.29. The van der Waals surface area contributed by atoms with Gasteiger partial charge in [-0.2, -0.15) is 0 Å². The number of nitrogens with two attached hydrogens (primary N) is 1. The summed E-state index contributed by atoms with van der Waals surface area (Å²) in [5.74, 6) is -0.363. The molecule has 0 radical (unpaired) electrons. The number of hydrogen-bond donors (Lipinski definition) is 2. The molecule has 0 bridgehead atoms. The second kappa shape index (κ2) is 6.17. The molecule has 0 atom stereocenters. The van der Waals surface area contributed by atoms with Gasteiger partial charge in [0.05, 0.1) is 0 Å². The first-order chi connectivity index (χ1) is 9.06. The molecule has 0 unspecified atom stereocenters. The number of nitrogens with zero attached hydrogens (tertiary/aromatic N) is 1. The van der Waals surface area contributed by atoms with Gasteiger partial charge in [0.1, 0.15) is 0 Å². The summed E-state index contributed by atoms with van der Waals surface area (Å²) in [5, 5.41) is 3.61. The average Bonchev–Trinajstić information content (AvgIpc) is 2.39. The Balaban J connectivity index is 1.91. The van der Waals surface area contributed by atoms with E-state index in [4.69, 9.17) is 5.73 Å². The van der Waals surface area contributed by atoms with Crippen molar-refractivity contribution in [2.45, 2.75) is 32.4 Å². The lowest BCUT2D eigenvalue weighted by atomic mass is 10.0. The van der Waals surface area contributed by atoms with Crippen LogP contribution in [0, 0.1) is 6.92 Å². The van der Waals surface area contributed by atoms with Gasteiger partial charge in [0.15, 0.2) is 0 Å². The van der Waals surface area contributed by atoms with Crippen LogP contribution in [0.5, 0.6) is 0 Å². The summed E-state index contributed by atoms with van der Waals surface area (Å²) in [6.07, 6.45) is 2.41. The highest BCUT2D eigenvalue weighted by molar-refractivity contribution is 5.93. The monoisotopic (exact) mass is 261 g/mol. The maximum absolute atomic E-state index is 11.1. The molecule has 4 heteroatoms. The van der Waals surface area contributed by atoms with Gasteiger partial charge in [0, 0.05) is 18.2 Å². The number of primary amides is 1. The number of carbonyl (C=O) groups is 1. The van der Waals surface area contributed by atoms with Gasteiger partial charge >= 0.3 is 0 Å². The highest BCUT2D eigenvalue weighted by atomic mass is 16.1. The highest BCUT2D eigenvalue weighted by Gasteiger charge is 2.16. The quantitative estimate of drug-likeness (QED) is 0.858. The number of amides is 1. The van der Waals surface area contributed by atoms with Gasteiger partial charge in [-0.1, -0.05) is 6.07 Å². The SMILES string of the molecule is Cc1cc(C(N)=O)ccc1CNC1CCN(C)CC1. The van der Waals surface area contributed by atoms with E-state index in [2.05, 4.69) is 17.3 Å². The Kier molecular flexibility index (Phi) is 4.56. The Bertz CT molecular complexity index is 451. The number of benzene rings is 1. The number of aryl methyl sites for hydroxylation is 1. The van der Waals surface area contributed by atoms with Crippen LogP contribution in [0.4, 0.5) is 0 Å². The number of likely N-dealkylation sites (tertiary alicyclic amines) is 1. The molecule has 0 spiro atoms.